The van der Waals surface area contributed by atoms with E-state index in [-0.39, 0.29) is 6.29 Å². The van der Waals surface area contributed by atoms with Crippen molar-refractivity contribution < 1.29 is 18.0 Å². The summed E-state index contributed by atoms with van der Waals surface area (Å²) in [4.78, 5) is 0. The lowest BCUT2D eigenvalue weighted by molar-refractivity contribution is 0.0322. The highest BCUT2D eigenvalue weighted by atomic mass is 28.4. The lowest BCUT2D eigenvalue weighted by atomic mass is 10.9. The molecule has 5 heteroatoms. The summed E-state index contributed by atoms with van der Waals surface area (Å²) in [7, 11) is -2.40. The number of epoxide rings is 1. The van der Waals surface area contributed by atoms with E-state index in [4.69, 9.17) is 18.0 Å². The molecule has 0 aromatic heterocycles. The Balaban J connectivity index is 2.44. The monoisotopic (exact) mass is 206 g/mol. The largest absolute Gasteiger partial charge is 0.502 e. The minimum atomic E-state index is -2.40. The average Bonchev–Trinajstić information content (AvgIpc) is 2.89. The van der Waals surface area contributed by atoms with E-state index in [1.807, 2.05) is 20.8 Å². The van der Waals surface area contributed by atoms with Gasteiger partial charge < -0.3 is 18.0 Å². The molecule has 1 rings (SSSR count). The van der Waals surface area contributed by atoms with E-state index < -0.39 is 8.80 Å². The second-order valence-electron chi connectivity index (χ2n) is 2.78. The zero-order valence-corrected chi connectivity index (χ0v) is 9.54. The van der Waals surface area contributed by atoms with Crippen LogP contribution < -0.4 is 0 Å². The molecule has 1 fully saturated rings. The van der Waals surface area contributed by atoms with Crippen LogP contribution in [0.3, 0.4) is 0 Å². The summed E-state index contributed by atoms with van der Waals surface area (Å²) in [5, 5.41) is 0. The number of rotatable bonds is 7. The maximum Gasteiger partial charge on any atom is 0.502 e. The normalized spacial score (nSPS) is 21.9. The molecular weight excluding hydrogens is 188 g/mol. The quantitative estimate of drug-likeness (QED) is 0.466. The van der Waals surface area contributed by atoms with Gasteiger partial charge in [-0.3, -0.25) is 0 Å². The molecule has 0 radical (unpaired) electrons. The van der Waals surface area contributed by atoms with Gasteiger partial charge in [-0.2, -0.15) is 0 Å². The highest BCUT2D eigenvalue weighted by Gasteiger charge is 2.44. The predicted octanol–water partition coefficient (Wildman–Crippen LogP) is 1.39. The molecular formula is C8H18O4Si. The molecule has 0 amide bonds. The maximum atomic E-state index is 5.65. The first-order valence-electron chi connectivity index (χ1n) is 4.83. The van der Waals surface area contributed by atoms with Crippen LogP contribution in [0.5, 0.6) is 0 Å². The molecule has 1 saturated heterocycles. The Bertz CT molecular complexity index is 143. The van der Waals surface area contributed by atoms with Gasteiger partial charge in [-0.25, -0.2) is 0 Å². The zero-order chi connectivity index (χ0) is 9.73. The molecule has 0 aromatic rings. The third-order valence-corrected chi connectivity index (χ3v) is 4.72. The topological polar surface area (TPSA) is 40.2 Å². The molecule has 13 heavy (non-hydrogen) atoms. The van der Waals surface area contributed by atoms with E-state index in [0.29, 0.717) is 19.8 Å². The van der Waals surface area contributed by atoms with Crippen LogP contribution in [0.25, 0.3) is 0 Å². The molecule has 1 unspecified atom stereocenters. The first-order valence-corrected chi connectivity index (χ1v) is 6.76. The first kappa shape index (κ1) is 11.1. The van der Waals surface area contributed by atoms with Crippen LogP contribution in [-0.2, 0) is 18.0 Å². The van der Waals surface area contributed by atoms with E-state index in [2.05, 4.69) is 0 Å². The zero-order valence-electron chi connectivity index (χ0n) is 8.54. The number of hydrogen-bond donors (Lipinski definition) is 0. The van der Waals surface area contributed by atoms with Crippen LogP contribution >= 0.6 is 0 Å². The molecule has 0 aromatic carbocycles. The van der Waals surface area contributed by atoms with Crippen molar-refractivity contribution >= 4 is 8.80 Å². The van der Waals surface area contributed by atoms with Gasteiger partial charge in [0.15, 0.2) is 6.29 Å². The Labute approximate surface area is 80.5 Å². The summed E-state index contributed by atoms with van der Waals surface area (Å²) < 4.78 is 21.8. The van der Waals surface area contributed by atoms with Gasteiger partial charge in [-0.05, 0) is 13.8 Å². The molecule has 0 saturated carbocycles. The molecule has 78 valence electrons. The van der Waals surface area contributed by atoms with Gasteiger partial charge in [-0.15, -0.1) is 0 Å². The van der Waals surface area contributed by atoms with Crippen molar-refractivity contribution in [1.29, 1.82) is 0 Å². The fraction of sp³-hybridized carbons (Fsp3) is 1.00. The van der Waals surface area contributed by atoms with Gasteiger partial charge in [0.2, 0.25) is 0 Å². The molecule has 0 spiro atoms. The fourth-order valence-corrected chi connectivity index (χ4v) is 3.36. The van der Waals surface area contributed by atoms with Crippen LogP contribution in [0, 0.1) is 0 Å². The van der Waals surface area contributed by atoms with E-state index in [1.165, 1.54) is 0 Å². The first-order chi connectivity index (χ1) is 6.26. The number of ether oxygens (including phenoxy) is 1. The van der Waals surface area contributed by atoms with E-state index in [0.717, 1.165) is 6.04 Å². The highest BCUT2D eigenvalue weighted by Crippen LogP contribution is 2.23. The van der Waals surface area contributed by atoms with E-state index in [9.17, 15) is 0 Å². The molecule has 4 nitrogen and oxygen atoms in total. The van der Waals surface area contributed by atoms with Crippen LogP contribution in [0.1, 0.15) is 20.8 Å². The third-order valence-electron chi connectivity index (χ3n) is 1.78. The molecule has 1 aliphatic heterocycles. The Morgan fingerprint density at radius 1 is 1.23 bits per heavy atom. The van der Waals surface area contributed by atoms with Crippen LogP contribution in [-0.4, -0.2) is 34.9 Å². The van der Waals surface area contributed by atoms with Gasteiger partial charge in [0.1, 0.15) is 6.61 Å². The summed E-state index contributed by atoms with van der Waals surface area (Å²) >= 11 is 0. The smallest absolute Gasteiger partial charge is 0.374 e. The molecule has 1 heterocycles. The summed E-state index contributed by atoms with van der Waals surface area (Å²) in [6.07, 6.45) is -0.0790. The Kier molecular flexibility index (Phi) is 4.34. The predicted molar refractivity (Wildman–Crippen MR) is 50.3 cm³/mol. The van der Waals surface area contributed by atoms with Gasteiger partial charge >= 0.3 is 8.80 Å². The second kappa shape index (κ2) is 5.07. The molecule has 0 bridgehead atoms. The van der Waals surface area contributed by atoms with Gasteiger partial charge in [0, 0.05) is 19.3 Å². The van der Waals surface area contributed by atoms with E-state index >= 15 is 0 Å². The SMILES string of the molecule is CCO[Si](CC)(OCC)OC1CO1. The van der Waals surface area contributed by atoms with Crippen molar-refractivity contribution in [1.82, 2.24) is 0 Å². The van der Waals surface area contributed by atoms with Crippen molar-refractivity contribution in [3.8, 4) is 0 Å². The fourth-order valence-electron chi connectivity index (χ4n) is 1.14. The second-order valence-corrected chi connectivity index (χ2v) is 5.67. The maximum absolute atomic E-state index is 5.65. The standard InChI is InChI=1S/C8H18O4Si/c1-4-10-13(6-3,11-5-2)12-8-7-9-8/h8H,4-7H2,1-3H3. The van der Waals surface area contributed by atoms with Crippen molar-refractivity contribution in [3.05, 3.63) is 0 Å². The van der Waals surface area contributed by atoms with Crippen LogP contribution in [0.2, 0.25) is 6.04 Å². The average molecular weight is 206 g/mol. The lowest BCUT2D eigenvalue weighted by Gasteiger charge is -2.26. The van der Waals surface area contributed by atoms with E-state index in [1.54, 1.807) is 0 Å². The Morgan fingerprint density at radius 3 is 2.08 bits per heavy atom. The molecule has 1 aliphatic rings. The van der Waals surface area contributed by atoms with Crippen molar-refractivity contribution in [2.24, 2.45) is 0 Å². The van der Waals surface area contributed by atoms with Crippen molar-refractivity contribution in [2.45, 2.75) is 33.1 Å². The minimum Gasteiger partial charge on any atom is -0.374 e. The summed E-state index contributed by atoms with van der Waals surface area (Å²) in [5.41, 5.74) is 0. The van der Waals surface area contributed by atoms with Gasteiger partial charge in [-0.1, -0.05) is 6.92 Å². The highest BCUT2D eigenvalue weighted by molar-refractivity contribution is 6.60. The summed E-state index contributed by atoms with van der Waals surface area (Å²) in [6, 6.07) is 0.800. The van der Waals surface area contributed by atoms with Crippen LogP contribution in [0.15, 0.2) is 0 Å². The molecule has 0 N–H and O–H groups in total. The van der Waals surface area contributed by atoms with Gasteiger partial charge in [0.25, 0.3) is 0 Å². The van der Waals surface area contributed by atoms with Crippen LogP contribution in [0.4, 0.5) is 0 Å². The minimum absolute atomic E-state index is 0.0790. The van der Waals surface area contributed by atoms with Gasteiger partial charge in [0.05, 0.1) is 0 Å². The Hall–Kier alpha value is 0.0569. The Morgan fingerprint density at radius 2 is 1.77 bits per heavy atom. The summed E-state index contributed by atoms with van der Waals surface area (Å²) in [5.74, 6) is 0. The van der Waals surface area contributed by atoms with Crippen molar-refractivity contribution in [3.63, 3.8) is 0 Å². The third kappa shape index (κ3) is 3.36. The molecule has 1 atom stereocenters. The van der Waals surface area contributed by atoms with Crippen molar-refractivity contribution in [2.75, 3.05) is 19.8 Å². The number of hydrogen-bond acceptors (Lipinski definition) is 4. The lowest BCUT2D eigenvalue weighted by Crippen LogP contribution is -2.46. The molecule has 0 aliphatic carbocycles. The summed E-state index contributed by atoms with van der Waals surface area (Å²) in [6.45, 7) is 7.87.